The molecular formula is C24H21N3O3S. The highest BCUT2D eigenvalue weighted by atomic mass is 32.2. The third kappa shape index (κ3) is 4.32. The van der Waals surface area contributed by atoms with Crippen LogP contribution in [0, 0.1) is 0 Å². The molecule has 1 heterocycles. The molecule has 0 unspecified atom stereocenters. The Bertz CT molecular complexity index is 1170. The van der Waals surface area contributed by atoms with Crippen LogP contribution in [0.25, 0.3) is 0 Å². The lowest BCUT2D eigenvalue weighted by molar-refractivity contribution is 0.0983. The Hall–Kier alpha value is -3.58. The second kappa shape index (κ2) is 8.65. The Kier molecular flexibility index (Phi) is 5.77. The highest BCUT2D eigenvalue weighted by molar-refractivity contribution is 7.99. The van der Waals surface area contributed by atoms with E-state index in [0.717, 1.165) is 15.5 Å². The van der Waals surface area contributed by atoms with Crippen LogP contribution in [-0.2, 0) is 0 Å². The highest BCUT2D eigenvalue weighted by Gasteiger charge is 2.26. The molecule has 4 rings (SSSR count). The van der Waals surface area contributed by atoms with E-state index in [1.165, 1.54) is 6.92 Å². The molecule has 0 fully saturated rings. The van der Waals surface area contributed by atoms with Crippen LogP contribution in [0.5, 0.6) is 0 Å². The molecule has 7 heteroatoms. The van der Waals surface area contributed by atoms with Crippen LogP contribution < -0.4 is 15.5 Å². The van der Waals surface area contributed by atoms with Gasteiger partial charge in [0.2, 0.25) is 0 Å². The van der Waals surface area contributed by atoms with E-state index in [-0.39, 0.29) is 11.7 Å². The predicted octanol–water partition coefficient (Wildman–Crippen LogP) is 5.66. The van der Waals surface area contributed by atoms with Crippen molar-refractivity contribution in [2.75, 3.05) is 22.1 Å². The number of rotatable bonds is 4. The summed E-state index contributed by atoms with van der Waals surface area (Å²) in [6.07, 6.45) is 0. The first-order valence-corrected chi connectivity index (χ1v) is 10.7. The number of nitrogens with one attached hydrogen (secondary N) is 2. The van der Waals surface area contributed by atoms with E-state index in [9.17, 15) is 14.4 Å². The zero-order valence-corrected chi connectivity index (χ0v) is 18.0. The van der Waals surface area contributed by atoms with E-state index in [0.29, 0.717) is 29.0 Å². The number of Topliss-reactive ketones (excluding diaryl/α,β-unsaturated/α-hetero) is 1. The Morgan fingerprint density at radius 1 is 0.903 bits per heavy atom. The lowest BCUT2D eigenvalue weighted by Crippen LogP contribution is -2.30. The molecule has 1 aliphatic rings. The van der Waals surface area contributed by atoms with Gasteiger partial charge in [0.25, 0.3) is 5.91 Å². The number of anilines is 3. The Morgan fingerprint density at radius 3 is 2.29 bits per heavy atom. The molecule has 3 aromatic rings. The van der Waals surface area contributed by atoms with Gasteiger partial charge in [0, 0.05) is 33.3 Å². The topological polar surface area (TPSA) is 78.5 Å². The van der Waals surface area contributed by atoms with E-state index >= 15 is 0 Å². The van der Waals surface area contributed by atoms with Crippen molar-refractivity contribution in [2.45, 2.75) is 23.6 Å². The Labute approximate surface area is 184 Å². The highest BCUT2D eigenvalue weighted by Crippen LogP contribution is 2.42. The van der Waals surface area contributed by atoms with Crippen LogP contribution in [-0.4, -0.2) is 24.3 Å². The molecular weight excluding hydrogens is 410 g/mol. The molecule has 31 heavy (non-hydrogen) atoms. The Balaban J connectivity index is 1.55. The zero-order valence-electron chi connectivity index (χ0n) is 17.1. The molecule has 156 valence electrons. The number of carbonyl (C=O) groups excluding carboxylic acids is 3. The molecule has 3 amide bonds. The van der Waals surface area contributed by atoms with Gasteiger partial charge in [-0.15, -0.1) is 0 Å². The van der Waals surface area contributed by atoms with Crippen LogP contribution >= 0.6 is 11.8 Å². The van der Waals surface area contributed by atoms with E-state index in [2.05, 4.69) is 10.6 Å². The monoisotopic (exact) mass is 431 g/mol. The molecule has 0 aromatic heterocycles. The maximum atomic E-state index is 13.1. The van der Waals surface area contributed by atoms with Gasteiger partial charge in [-0.1, -0.05) is 23.9 Å². The minimum Gasteiger partial charge on any atom is -0.308 e. The fourth-order valence-electron chi connectivity index (χ4n) is 3.39. The van der Waals surface area contributed by atoms with Crippen molar-refractivity contribution >= 4 is 46.5 Å². The third-order valence-electron chi connectivity index (χ3n) is 4.96. The van der Waals surface area contributed by atoms with E-state index < -0.39 is 6.03 Å². The number of hydrogen-bond donors (Lipinski definition) is 2. The van der Waals surface area contributed by atoms with Gasteiger partial charge in [-0.25, -0.2) is 4.79 Å². The van der Waals surface area contributed by atoms with Crippen molar-refractivity contribution in [1.82, 2.24) is 0 Å². The molecule has 0 atom stereocenters. The summed E-state index contributed by atoms with van der Waals surface area (Å²) in [5.74, 6) is -0.0902. The minimum absolute atomic E-state index is 0.0315. The van der Waals surface area contributed by atoms with Gasteiger partial charge in [-0.2, -0.15) is 0 Å². The number of fused-ring (bicyclic) bond motifs is 2. The largest absolute Gasteiger partial charge is 0.323 e. The Morgan fingerprint density at radius 2 is 1.58 bits per heavy atom. The van der Waals surface area contributed by atoms with Gasteiger partial charge in [-0.05, 0) is 68.4 Å². The van der Waals surface area contributed by atoms with Crippen molar-refractivity contribution in [3.8, 4) is 0 Å². The maximum absolute atomic E-state index is 13.1. The number of benzene rings is 3. The summed E-state index contributed by atoms with van der Waals surface area (Å²) in [5.41, 5.74) is 3.17. The van der Waals surface area contributed by atoms with Gasteiger partial charge >= 0.3 is 6.03 Å². The third-order valence-corrected chi connectivity index (χ3v) is 6.10. The molecule has 3 aromatic carbocycles. The average molecular weight is 432 g/mol. The van der Waals surface area contributed by atoms with Gasteiger partial charge in [-0.3, -0.25) is 9.59 Å². The zero-order chi connectivity index (χ0) is 22.0. The first kappa shape index (κ1) is 20.7. The average Bonchev–Trinajstić information content (AvgIpc) is 2.87. The summed E-state index contributed by atoms with van der Waals surface area (Å²) < 4.78 is 0. The first-order valence-electron chi connectivity index (χ1n) is 9.88. The van der Waals surface area contributed by atoms with Crippen molar-refractivity contribution in [3.05, 3.63) is 77.9 Å². The number of nitrogens with zero attached hydrogens (tertiary/aromatic N) is 1. The smallest absolute Gasteiger partial charge is 0.308 e. The molecule has 0 saturated heterocycles. The first-order chi connectivity index (χ1) is 15.0. The molecule has 0 radical (unpaired) electrons. The van der Waals surface area contributed by atoms with Crippen LogP contribution in [0.2, 0.25) is 0 Å². The van der Waals surface area contributed by atoms with Crippen molar-refractivity contribution < 1.29 is 14.4 Å². The second-order valence-corrected chi connectivity index (χ2v) is 8.13. The summed E-state index contributed by atoms with van der Waals surface area (Å²) >= 11 is 1.54. The van der Waals surface area contributed by atoms with Crippen LogP contribution in [0.15, 0.2) is 76.5 Å². The van der Waals surface area contributed by atoms with Crippen molar-refractivity contribution in [1.29, 1.82) is 0 Å². The molecule has 6 nitrogen and oxygen atoms in total. The van der Waals surface area contributed by atoms with Gasteiger partial charge in [0.1, 0.15) is 0 Å². The lowest BCUT2D eigenvalue weighted by atomic mass is 10.1. The summed E-state index contributed by atoms with van der Waals surface area (Å²) in [4.78, 5) is 40.5. The maximum Gasteiger partial charge on any atom is 0.323 e. The summed E-state index contributed by atoms with van der Waals surface area (Å²) in [7, 11) is 0. The SMILES string of the molecule is CCN1C(=O)c2ccccc2Sc2ccc(NC(=O)Nc3ccc(C(C)=O)cc3)cc21. The normalized spacial score (nSPS) is 12.5. The number of carbonyl (C=O) groups is 3. The van der Waals surface area contributed by atoms with Crippen LogP contribution in [0.4, 0.5) is 21.9 Å². The fraction of sp³-hybridized carbons (Fsp3) is 0.125. The molecule has 2 N–H and O–H groups in total. The summed E-state index contributed by atoms with van der Waals surface area (Å²) in [6, 6.07) is 19.4. The van der Waals surface area contributed by atoms with Gasteiger partial charge in [0.05, 0.1) is 11.3 Å². The van der Waals surface area contributed by atoms with E-state index in [1.807, 2.05) is 49.4 Å². The lowest BCUT2D eigenvalue weighted by Gasteiger charge is -2.22. The summed E-state index contributed by atoms with van der Waals surface area (Å²) in [5, 5.41) is 5.56. The second-order valence-electron chi connectivity index (χ2n) is 7.04. The standard InChI is InChI=1S/C24H21N3O3S/c1-3-27-20-14-18(26-24(30)25-17-10-8-16(9-11-17)15(2)28)12-13-22(20)31-21-7-5-4-6-19(21)23(27)29/h4-14H,3H2,1-2H3,(H2,25,26,30). The quantitative estimate of drug-likeness (QED) is 0.522. The van der Waals surface area contributed by atoms with Crippen LogP contribution in [0.3, 0.4) is 0 Å². The minimum atomic E-state index is -0.408. The van der Waals surface area contributed by atoms with Crippen LogP contribution in [0.1, 0.15) is 34.6 Å². The molecule has 1 aliphatic heterocycles. The number of amides is 3. The molecule has 0 saturated carbocycles. The number of urea groups is 1. The van der Waals surface area contributed by atoms with Crippen molar-refractivity contribution in [2.24, 2.45) is 0 Å². The van der Waals surface area contributed by atoms with Crippen molar-refractivity contribution in [3.63, 3.8) is 0 Å². The number of hydrogen-bond acceptors (Lipinski definition) is 4. The molecule has 0 aliphatic carbocycles. The van der Waals surface area contributed by atoms with E-state index in [1.54, 1.807) is 40.9 Å². The van der Waals surface area contributed by atoms with Gasteiger partial charge in [0.15, 0.2) is 5.78 Å². The number of ketones is 1. The fourth-order valence-corrected chi connectivity index (χ4v) is 4.45. The predicted molar refractivity (Wildman–Crippen MR) is 123 cm³/mol. The summed E-state index contributed by atoms with van der Waals surface area (Å²) in [6.45, 7) is 3.94. The molecule has 0 spiro atoms. The van der Waals surface area contributed by atoms with E-state index in [4.69, 9.17) is 0 Å². The molecule has 0 bridgehead atoms. The van der Waals surface area contributed by atoms with Gasteiger partial charge < -0.3 is 15.5 Å².